The van der Waals surface area contributed by atoms with Gasteiger partial charge in [-0.3, -0.25) is 4.79 Å². The summed E-state index contributed by atoms with van der Waals surface area (Å²) in [6.07, 6.45) is 1.44. The summed E-state index contributed by atoms with van der Waals surface area (Å²) in [5.74, 6) is 0.615. The summed E-state index contributed by atoms with van der Waals surface area (Å²) < 4.78 is 10.6. The van der Waals surface area contributed by atoms with Gasteiger partial charge in [-0.1, -0.05) is 25.5 Å². The van der Waals surface area contributed by atoms with Crippen molar-refractivity contribution in [1.82, 2.24) is 5.32 Å². The molecule has 1 heterocycles. The van der Waals surface area contributed by atoms with E-state index in [2.05, 4.69) is 5.32 Å². The van der Waals surface area contributed by atoms with Crippen molar-refractivity contribution >= 4 is 5.97 Å². The SMILES string of the molecule is CCCC(NCc1cccc2c1OCO2)C(=O)O. The molecule has 1 unspecified atom stereocenters. The van der Waals surface area contributed by atoms with Gasteiger partial charge < -0.3 is 19.9 Å². The molecule has 2 N–H and O–H groups in total. The molecule has 0 radical (unpaired) electrons. The zero-order valence-electron chi connectivity index (χ0n) is 10.3. The fourth-order valence-corrected chi connectivity index (χ4v) is 1.96. The van der Waals surface area contributed by atoms with Gasteiger partial charge >= 0.3 is 5.97 Å². The molecule has 5 nitrogen and oxygen atoms in total. The average Bonchev–Trinajstić information content (AvgIpc) is 2.82. The zero-order valence-corrected chi connectivity index (χ0v) is 10.3. The van der Waals surface area contributed by atoms with Crippen LogP contribution in [0.15, 0.2) is 18.2 Å². The number of nitrogens with one attached hydrogen (secondary N) is 1. The van der Waals surface area contributed by atoms with Crippen molar-refractivity contribution in [3.63, 3.8) is 0 Å². The zero-order chi connectivity index (χ0) is 13.0. The summed E-state index contributed by atoms with van der Waals surface area (Å²) in [7, 11) is 0. The van der Waals surface area contributed by atoms with Crippen LogP contribution in [-0.4, -0.2) is 23.9 Å². The predicted molar refractivity (Wildman–Crippen MR) is 65.7 cm³/mol. The van der Waals surface area contributed by atoms with Gasteiger partial charge in [0.15, 0.2) is 11.5 Å². The van der Waals surface area contributed by atoms with Crippen LogP contribution in [0.25, 0.3) is 0 Å². The minimum absolute atomic E-state index is 0.226. The Kier molecular flexibility index (Phi) is 4.04. The van der Waals surface area contributed by atoms with E-state index in [-0.39, 0.29) is 6.79 Å². The summed E-state index contributed by atoms with van der Waals surface area (Å²) in [6.45, 7) is 2.65. The molecule has 1 aliphatic rings. The number of benzene rings is 1. The molecule has 1 aromatic carbocycles. The third kappa shape index (κ3) is 2.73. The number of rotatable bonds is 6. The van der Waals surface area contributed by atoms with Crippen molar-refractivity contribution in [3.05, 3.63) is 23.8 Å². The number of carboxylic acid groups (broad SMARTS) is 1. The summed E-state index contributed by atoms with van der Waals surface area (Å²) in [6, 6.07) is 5.10. The van der Waals surface area contributed by atoms with E-state index in [9.17, 15) is 4.79 Å². The van der Waals surface area contributed by atoms with Crippen molar-refractivity contribution < 1.29 is 19.4 Å². The maximum absolute atomic E-state index is 11.0. The second-order valence-electron chi connectivity index (χ2n) is 4.21. The van der Waals surface area contributed by atoms with E-state index < -0.39 is 12.0 Å². The van der Waals surface area contributed by atoms with Gasteiger partial charge in [0.2, 0.25) is 6.79 Å². The summed E-state index contributed by atoms with van der Waals surface area (Å²) in [5.41, 5.74) is 0.923. The number of fused-ring (bicyclic) bond motifs is 1. The molecule has 0 aromatic heterocycles. The van der Waals surface area contributed by atoms with Crippen LogP contribution in [-0.2, 0) is 11.3 Å². The van der Waals surface area contributed by atoms with E-state index in [4.69, 9.17) is 14.6 Å². The number of aliphatic carboxylic acids is 1. The minimum atomic E-state index is -0.818. The van der Waals surface area contributed by atoms with Gasteiger partial charge in [0.1, 0.15) is 6.04 Å². The monoisotopic (exact) mass is 251 g/mol. The first-order valence-corrected chi connectivity index (χ1v) is 6.06. The molecular weight excluding hydrogens is 234 g/mol. The lowest BCUT2D eigenvalue weighted by molar-refractivity contribution is -0.139. The first-order chi connectivity index (χ1) is 8.72. The van der Waals surface area contributed by atoms with Gasteiger partial charge in [-0.25, -0.2) is 0 Å². The molecule has 98 valence electrons. The van der Waals surface area contributed by atoms with Crippen LogP contribution < -0.4 is 14.8 Å². The van der Waals surface area contributed by atoms with Gasteiger partial charge in [-0.15, -0.1) is 0 Å². The van der Waals surface area contributed by atoms with Crippen LogP contribution in [0.1, 0.15) is 25.3 Å². The molecule has 1 atom stereocenters. The average molecular weight is 251 g/mol. The van der Waals surface area contributed by atoms with E-state index >= 15 is 0 Å². The number of para-hydroxylation sites is 1. The first-order valence-electron chi connectivity index (χ1n) is 6.06. The van der Waals surface area contributed by atoms with E-state index in [1.54, 1.807) is 0 Å². The number of carboxylic acids is 1. The van der Waals surface area contributed by atoms with E-state index in [1.807, 2.05) is 25.1 Å². The molecule has 1 aliphatic heterocycles. The van der Waals surface area contributed by atoms with Gasteiger partial charge in [-0.2, -0.15) is 0 Å². The van der Waals surface area contributed by atoms with Gasteiger partial charge in [0.05, 0.1) is 0 Å². The Morgan fingerprint density at radius 3 is 3.06 bits per heavy atom. The van der Waals surface area contributed by atoms with Crippen LogP contribution in [0, 0.1) is 0 Å². The molecule has 0 bridgehead atoms. The lowest BCUT2D eigenvalue weighted by atomic mass is 10.1. The van der Waals surface area contributed by atoms with Crippen molar-refractivity contribution in [2.75, 3.05) is 6.79 Å². The molecule has 0 amide bonds. The number of ether oxygens (including phenoxy) is 2. The Hall–Kier alpha value is -1.75. The Bertz CT molecular complexity index is 433. The standard InChI is InChI=1S/C13H17NO4/c1-2-4-10(13(15)16)14-7-9-5-3-6-11-12(9)18-8-17-11/h3,5-6,10,14H,2,4,7-8H2,1H3,(H,15,16). The second-order valence-corrected chi connectivity index (χ2v) is 4.21. The normalized spacial score (nSPS) is 14.5. The van der Waals surface area contributed by atoms with Crippen molar-refractivity contribution in [2.24, 2.45) is 0 Å². The van der Waals surface area contributed by atoms with Gasteiger partial charge in [0.25, 0.3) is 0 Å². The van der Waals surface area contributed by atoms with Crippen LogP contribution in [0.5, 0.6) is 11.5 Å². The Morgan fingerprint density at radius 2 is 2.33 bits per heavy atom. The molecule has 0 saturated carbocycles. The minimum Gasteiger partial charge on any atom is -0.480 e. The molecule has 0 saturated heterocycles. The molecule has 1 aromatic rings. The molecular formula is C13H17NO4. The van der Waals surface area contributed by atoms with Crippen LogP contribution in [0.2, 0.25) is 0 Å². The maximum atomic E-state index is 11.0. The molecule has 0 aliphatic carbocycles. The Labute approximate surface area is 106 Å². The third-order valence-corrected chi connectivity index (χ3v) is 2.89. The Morgan fingerprint density at radius 1 is 1.50 bits per heavy atom. The third-order valence-electron chi connectivity index (χ3n) is 2.89. The van der Waals surface area contributed by atoms with Crippen molar-refractivity contribution in [3.8, 4) is 11.5 Å². The van der Waals surface area contributed by atoms with E-state index in [0.29, 0.717) is 18.7 Å². The highest BCUT2D eigenvalue weighted by Gasteiger charge is 2.20. The van der Waals surface area contributed by atoms with Crippen molar-refractivity contribution in [1.29, 1.82) is 0 Å². The molecule has 18 heavy (non-hydrogen) atoms. The Balaban J connectivity index is 2.01. The molecule has 0 fully saturated rings. The number of carbonyl (C=O) groups is 1. The number of hydrogen-bond donors (Lipinski definition) is 2. The molecule has 5 heteroatoms. The first kappa shape index (κ1) is 12.7. The fraction of sp³-hybridized carbons (Fsp3) is 0.462. The van der Waals surface area contributed by atoms with Gasteiger partial charge in [0, 0.05) is 12.1 Å². The van der Waals surface area contributed by atoms with Crippen LogP contribution in [0.3, 0.4) is 0 Å². The second kappa shape index (κ2) is 5.73. The quantitative estimate of drug-likeness (QED) is 0.806. The lowest BCUT2D eigenvalue weighted by Crippen LogP contribution is -2.36. The summed E-state index contributed by atoms with van der Waals surface area (Å²) >= 11 is 0. The van der Waals surface area contributed by atoms with Crippen molar-refractivity contribution in [2.45, 2.75) is 32.4 Å². The van der Waals surface area contributed by atoms with E-state index in [1.165, 1.54) is 0 Å². The van der Waals surface area contributed by atoms with Crippen LogP contribution in [0.4, 0.5) is 0 Å². The summed E-state index contributed by atoms with van der Waals surface area (Å²) in [4.78, 5) is 11.0. The fourth-order valence-electron chi connectivity index (χ4n) is 1.96. The lowest BCUT2D eigenvalue weighted by Gasteiger charge is -2.14. The number of hydrogen-bond acceptors (Lipinski definition) is 4. The highest BCUT2D eigenvalue weighted by Crippen LogP contribution is 2.35. The topological polar surface area (TPSA) is 67.8 Å². The maximum Gasteiger partial charge on any atom is 0.320 e. The smallest absolute Gasteiger partial charge is 0.320 e. The molecule has 0 spiro atoms. The predicted octanol–water partition coefficient (Wildman–Crippen LogP) is 1.76. The van der Waals surface area contributed by atoms with Crippen LogP contribution >= 0.6 is 0 Å². The largest absolute Gasteiger partial charge is 0.480 e. The molecule has 2 rings (SSSR count). The summed E-state index contributed by atoms with van der Waals surface area (Å²) in [5, 5.41) is 12.1. The van der Waals surface area contributed by atoms with E-state index in [0.717, 1.165) is 17.7 Å². The van der Waals surface area contributed by atoms with Gasteiger partial charge in [-0.05, 0) is 12.5 Å². The highest BCUT2D eigenvalue weighted by molar-refractivity contribution is 5.73. The highest BCUT2D eigenvalue weighted by atomic mass is 16.7.